The van der Waals surface area contributed by atoms with Crippen LogP contribution in [-0.4, -0.2) is 86.3 Å². The standard InChI is InChI=1S/C29H34FN9O3/c1-29(2,3)27-33-26(42-36-27)25(40)32-15-18-7-6-17(14-21(18)30)20-8-10-31-23-22(20)24(35-34-23)38-13-9-19(16-38)39-12-5-11-37(4)28(39)41/h6-8,10,14,19H,5,9,11-13,15-16H2,1-4H3,(H,32,40)(H,31,34,35). The van der Waals surface area contributed by atoms with Crippen molar-refractivity contribution in [2.45, 2.75) is 51.6 Å². The van der Waals surface area contributed by atoms with Gasteiger partial charge in [0, 0.05) is 56.9 Å². The van der Waals surface area contributed by atoms with Crippen LogP contribution in [0.25, 0.3) is 22.2 Å². The van der Waals surface area contributed by atoms with Crippen molar-refractivity contribution in [1.29, 1.82) is 0 Å². The molecule has 1 aromatic carbocycles. The largest absolute Gasteiger partial charge is 0.352 e. The number of carbonyl (C=O) groups excluding carboxylic acids is 2. The summed E-state index contributed by atoms with van der Waals surface area (Å²) in [6, 6.07) is 6.93. The van der Waals surface area contributed by atoms with Crippen LogP contribution >= 0.6 is 0 Å². The second kappa shape index (κ2) is 10.7. The quantitative estimate of drug-likeness (QED) is 0.355. The number of benzene rings is 1. The molecule has 5 heterocycles. The Balaban J connectivity index is 1.20. The fraction of sp³-hybridized carbons (Fsp3) is 0.448. The molecule has 0 aliphatic carbocycles. The van der Waals surface area contributed by atoms with Crippen LogP contribution in [0.5, 0.6) is 0 Å². The van der Waals surface area contributed by atoms with E-state index in [1.54, 1.807) is 17.2 Å². The molecule has 13 heteroatoms. The summed E-state index contributed by atoms with van der Waals surface area (Å²) in [5.41, 5.74) is 2.01. The predicted octanol–water partition coefficient (Wildman–Crippen LogP) is 3.71. The summed E-state index contributed by atoms with van der Waals surface area (Å²) in [5, 5.41) is 14.9. The average Bonchev–Trinajstić information content (AvgIpc) is 3.73. The molecule has 2 saturated heterocycles. The Hall–Kier alpha value is -4.55. The van der Waals surface area contributed by atoms with E-state index in [9.17, 15) is 9.59 Å². The molecule has 12 nitrogen and oxygen atoms in total. The summed E-state index contributed by atoms with van der Waals surface area (Å²) in [7, 11) is 1.84. The lowest BCUT2D eigenvalue weighted by Crippen LogP contribution is -2.52. The summed E-state index contributed by atoms with van der Waals surface area (Å²) in [4.78, 5) is 39.8. The minimum Gasteiger partial charge on any atom is -0.352 e. The molecule has 6 rings (SSSR count). The Morgan fingerprint density at radius 2 is 2.05 bits per heavy atom. The van der Waals surface area contributed by atoms with Crippen LogP contribution in [0, 0.1) is 5.82 Å². The number of carbonyl (C=O) groups is 2. The van der Waals surface area contributed by atoms with Crippen molar-refractivity contribution in [3.8, 4) is 11.1 Å². The van der Waals surface area contributed by atoms with Gasteiger partial charge in [0.1, 0.15) is 5.82 Å². The molecule has 0 radical (unpaired) electrons. The number of fused-ring (bicyclic) bond motifs is 1. The summed E-state index contributed by atoms with van der Waals surface area (Å²) in [6.45, 7) is 8.65. The lowest BCUT2D eigenvalue weighted by molar-refractivity contribution is 0.0906. The predicted molar refractivity (Wildman–Crippen MR) is 153 cm³/mol. The number of urea groups is 1. The topological polar surface area (TPSA) is 136 Å². The Morgan fingerprint density at radius 3 is 2.81 bits per heavy atom. The number of amides is 3. The molecular formula is C29H34FN9O3. The first kappa shape index (κ1) is 27.6. The third-order valence-electron chi connectivity index (χ3n) is 7.91. The van der Waals surface area contributed by atoms with Crippen LogP contribution in [0.3, 0.4) is 0 Å². The number of hydrogen-bond acceptors (Lipinski definition) is 8. The monoisotopic (exact) mass is 575 g/mol. The molecule has 220 valence electrons. The van der Waals surface area contributed by atoms with Gasteiger partial charge in [0.25, 0.3) is 0 Å². The Kier molecular flexibility index (Phi) is 7.03. The van der Waals surface area contributed by atoms with Gasteiger partial charge in [0.15, 0.2) is 17.3 Å². The normalized spacial score (nSPS) is 17.9. The van der Waals surface area contributed by atoms with Gasteiger partial charge >= 0.3 is 17.8 Å². The number of H-pyrrole nitrogens is 1. The van der Waals surface area contributed by atoms with E-state index in [1.165, 1.54) is 6.07 Å². The van der Waals surface area contributed by atoms with Gasteiger partial charge in [-0.05, 0) is 36.1 Å². The minimum absolute atomic E-state index is 0.0412. The van der Waals surface area contributed by atoms with E-state index in [2.05, 4.69) is 35.5 Å². The van der Waals surface area contributed by atoms with Gasteiger partial charge in [0.05, 0.1) is 11.4 Å². The number of nitrogens with zero attached hydrogens (tertiary/aromatic N) is 7. The van der Waals surface area contributed by atoms with Crippen molar-refractivity contribution >= 4 is 28.8 Å². The third-order valence-corrected chi connectivity index (χ3v) is 7.91. The summed E-state index contributed by atoms with van der Waals surface area (Å²) < 4.78 is 20.4. The molecule has 3 aromatic heterocycles. The van der Waals surface area contributed by atoms with Crippen LogP contribution in [-0.2, 0) is 12.0 Å². The highest BCUT2D eigenvalue weighted by molar-refractivity contribution is 6.00. The first-order chi connectivity index (χ1) is 20.1. The SMILES string of the molecule is CN1CCCN(C2CCN(c3n[nH]c4nccc(-c5ccc(CNC(=O)c6nc(C(C)(C)C)no6)c(F)c5)c34)C2)C1=O. The highest BCUT2D eigenvalue weighted by Gasteiger charge is 2.35. The first-order valence-electron chi connectivity index (χ1n) is 14.1. The van der Waals surface area contributed by atoms with E-state index in [-0.39, 0.29) is 29.9 Å². The van der Waals surface area contributed by atoms with Crippen LogP contribution in [0.2, 0.25) is 0 Å². The zero-order chi connectivity index (χ0) is 29.6. The highest BCUT2D eigenvalue weighted by atomic mass is 19.1. The Morgan fingerprint density at radius 1 is 1.21 bits per heavy atom. The van der Waals surface area contributed by atoms with Crippen molar-refractivity contribution in [2.75, 3.05) is 38.1 Å². The molecule has 2 N–H and O–H groups in total. The maximum absolute atomic E-state index is 15.3. The number of rotatable bonds is 6. The molecule has 4 aromatic rings. The fourth-order valence-corrected chi connectivity index (χ4v) is 5.55. The van der Waals surface area contributed by atoms with E-state index in [0.717, 1.165) is 49.2 Å². The number of aromatic nitrogens is 5. The van der Waals surface area contributed by atoms with Crippen molar-refractivity contribution in [2.24, 2.45) is 0 Å². The molecule has 0 saturated carbocycles. The van der Waals surface area contributed by atoms with Crippen LogP contribution in [0.15, 0.2) is 35.0 Å². The van der Waals surface area contributed by atoms with Gasteiger partial charge in [-0.2, -0.15) is 10.1 Å². The summed E-state index contributed by atoms with van der Waals surface area (Å²) >= 11 is 0. The number of aromatic amines is 1. The lowest BCUT2D eigenvalue weighted by Gasteiger charge is -2.37. The zero-order valence-corrected chi connectivity index (χ0v) is 24.1. The zero-order valence-electron chi connectivity index (χ0n) is 24.1. The van der Waals surface area contributed by atoms with E-state index < -0.39 is 11.7 Å². The smallest absolute Gasteiger partial charge is 0.320 e. The van der Waals surface area contributed by atoms with Crippen LogP contribution < -0.4 is 10.2 Å². The maximum atomic E-state index is 15.3. The molecule has 2 aliphatic rings. The Bertz CT molecular complexity index is 1640. The number of pyridine rings is 1. The summed E-state index contributed by atoms with van der Waals surface area (Å²) in [5.74, 6) is -0.0360. The molecule has 2 aliphatic heterocycles. The van der Waals surface area contributed by atoms with Gasteiger partial charge in [0.2, 0.25) is 0 Å². The van der Waals surface area contributed by atoms with Crippen molar-refractivity contribution in [1.82, 2.24) is 40.4 Å². The van der Waals surface area contributed by atoms with Gasteiger partial charge < -0.3 is 24.5 Å². The third kappa shape index (κ3) is 5.14. The molecule has 42 heavy (non-hydrogen) atoms. The van der Waals surface area contributed by atoms with Gasteiger partial charge in [-0.15, -0.1) is 0 Å². The highest BCUT2D eigenvalue weighted by Crippen LogP contribution is 2.36. The number of halogens is 1. The van der Waals surface area contributed by atoms with Gasteiger partial charge in [-0.1, -0.05) is 38.1 Å². The van der Waals surface area contributed by atoms with Crippen LogP contribution in [0.1, 0.15) is 55.7 Å². The maximum Gasteiger partial charge on any atom is 0.320 e. The molecule has 2 fully saturated rings. The lowest BCUT2D eigenvalue weighted by atomic mass is 9.96. The number of anilines is 1. The van der Waals surface area contributed by atoms with E-state index in [1.807, 2.05) is 44.9 Å². The minimum atomic E-state index is -0.567. The molecule has 3 amide bonds. The molecule has 0 bridgehead atoms. The molecule has 0 spiro atoms. The molecule has 1 unspecified atom stereocenters. The summed E-state index contributed by atoms with van der Waals surface area (Å²) in [6.07, 6.45) is 3.47. The van der Waals surface area contributed by atoms with Crippen molar-refractivity contribution in [3.63, 3.8) is 0 Å². The number of nitrogens with one attached hydrogen (secondary N) is 2. The molecular weight excluding hydrogens is 541 g/mol. The average molecular weight is 576 g/mol. The van der Waals surface area contributed by atoms with E-state index >= 15 is 4.39 Å². The first-order valence-corrected chi connectivity index (χ1v) is 14.1. The van der Waals surface area contributed by atoms with Gasteiger partial charge in [-0.3, -0.25) is 9.89 Å². The Labute approximate surface area is 242 Å². The van der Waals surface area contributed by atoms with E-state index in [0.29, 0.717) is 29.1 Å². The van der Waals surface area contributed by atoms with Crippen molar-refractivity contribution in [3.05, 3.63) is 53.6 Å². The van der Waals surface area contributed by atoms with E-state index in [4.69, 9.17) is 4.52 Å². The van der Waals surface area contributed by atoms with Gasteiger partial charge in [-0.25, -0.2) is 14.2 Å². The fourth-order valence-electron chi connectivity index (χ4n) is 5.55. The van der Waals surface area contributed by atoms with Crippen LogP contribution in [0.4, 0.5) is 15.0 Å². The van der Waals surface area contributed by atoms with Crippen molar-refractivity contribution < 1.29 is 18.5 Å². The second-order valence-electron chi connectivity index (χ2n) is 11.9. The number of hydrogen-bond donors (Lipinski definition) is 2. The second-order valence-corrected chi connectivity index (χ2v) is 11.9. The molecule has 1 atom stereocenters.